The molecular formula is C9H12N2O2. The molecule has 0 aliphatic heterocycles. The number of amides is 1. The van der Waals surface area contributed by atoms with E-state index in [1.165, 1.54) is 12.6 Å². The minimum Gasteiger partial charge on any atom is -0.438 e. The van der Waals surface area contributed by atoms with Crippen molar-refractivity contribution in [2.24, 2.45) is 0 Å². The van der Waals surface area contributed by atoms with Gasteiger partial charge in [0.1, 0.15) is 0 Å². The van der Waals surface area contributed by atoms with Gasteiger partial charge in [0.2, 0.25) is 5.76 Å². The lowest BCUT2D eigenvalue weighted by Gasteiger charge is -1.97. The van der Waals surface area contributed by atoms with Gasteiger partial charge in [-0.15, -0.1) is 0 Å². The summed E-state index contributed by atoms with van der Waals surface area (Å²) in [7, 11) is 0. The largest absolute Gasteiger partial charge is 0.438 e. The van der Waals surface area contributed by atoms with E-state index in [9.17, 15) is 4.79 Å². The highest BCUT2D eigenvalue weighted by atomic mass is 16.3. The van der Waals surface area contributed by atoms with E-state index >= 15 is 0 Å². The molecule has 0 bridgehead atoms. The van der Waals surface area contributed by atoms with Crippen molar-refractivity contribution >= 4 is 5.91 Å². The molecule has 1 aromatic rings. The van der Waals surface area contributed by atoms with Crippen molar-refractivity contribution in [3.8, 4) is 0 Å². The van der Waals surface area contributed by atoms with E-state index < -0.39 is 0 Å². The van der Waals surface area contributed by atoms with Crippen LogP contribution in [-0.2, 0) is 0 Å². The summed E-state index contributed by atoms with van der Waals surface area (Å²) in [6.07, 6.45) is 4.54. The summed E-state index contributed by atoms with van der Waals surface area (Å²) >= 11 is 0. The number of carbonyl (C=O) groups excluding carboxylic acids is 1. The van der Waals surface area contributed by atoms with Gasteiger partial charge in [0.25, 0.3) is 5.91 Å². The lowest BCUT2D eigenvalue weighted by molar-refractivity contribution is 0.0930. The van der Waals surface area contributed by atoms with Gasteiger partial charge < -0.3 is 9.73 Å². The van der Waals surface area contributed by atoms with Crippen LogP contribution in [0.25, 0.3) is 0 Å². The molecule has 0 unspecified atom stereocenters. The van der Waals surface area contributed by atoms with Crippen LogP contribution in [0, 0.1) is 0 Å². The first kappa shape index (κ1) is 9.51. The highest BCUT2D eigenvalue weighted by Gasteiger charge is 2.06. The van der Waals surface area contributed by atoms with Crippen LogP contribution in [0.4, 0.5) is 0 Å². The smallest absolute Gasteiger partial charge is 0.288 e. The third-order valence-corrected chi connectivity index (χ3v) is 1.43. The second kappa shape index (κ2) is 4.45. The first-order chi connectivity index (χ1) is 6.20. The van der Waals surface area contributed by atoms with Gasteiger partial charge in [-0.3, -0.25) is 4.79 Å². The van der Waals surface area contributed by atoms with Crippen molar-refractivity contribution in [2.75, 3.05) is 6.54 Å². The van der Waals surface area contributed by atoms with Gasteiger partial charge >= 0.3 is 0 Å². The van der Waals surface area contributed by atoms with Gasteiger partial charge in [-0.1, -0.05) is 11.6 Å². The van der Waals surface area contributed by atoms with E-state index in [0.717, 1.165) is 5.57 Å². The normalized spacial score (nSPS) is 9.38. The molecule has 1 rings (SSSR count). The molecule has 0 saturated carbocycles. The number of nitrogens with zero attached hydrogens (tertiary/aromatic N) is 1. The number of hydrogen-bond acceptors (Lipinski definition) is 3. The van der Waals surface area contributed by atoms with Crippen LogP contribution < -0.4 is 5.32 Å². The molecule has 1 amide bonds. The van der Waals surface area contributed by atoms with Gasteiger partial charge in [-0.25, -0.2) is 4.98 Å². The Kier molecular flexibility index (Phi) is 3.25. The zero-order valence-corrected chi connectivity index (χ0v) is 7.70. The Morgan fingerprint density at radius 2 is 2.46 bits per heavy atom. The average molecular weight is 180 g/mol. The predicted octanol–water partition coefficient (Wildman–Crippen LogP) is 1.37. The highest BCUT2D eigenvalue weighted by Crippen LogP contribution is 1.95. The SMILES string of the molecule is CC(C)=CCNC(=O)c1cnco1. The van der Waals surface area contributed by atoms with E-state index in [4.69, 9.17) is 4.42 Å². The number of allylic oxidation sites excluding steroid dienone is 1. The molecule has 0 atom stereocenters. The van der Waals surface area contributed by atoms with Crippen molar-refractivity contribution in [3.05, 3.63) is 30.0 Å². The molecule has 1 heterocycles. The molecule has 0 aliphatic carbocycles. The van der Waals surface area contributed by atoms with Crippen LogP contribution in [0.1, 0.15) is 24.4 Å². The monoisotopic (exact) mass is 180 g/mol. The van der Waals surface area contributed by atoms with Gasteiger partial charge in [-0.05, 0) is 13.8 Å². The first-order valence-corrected chi connectivity index (χ1v) is 4.00. The summed E-state index contributed by atoms with van der Waals surface area (Å²) in [5, 5.41) is 2.67. The predicted molar refractivity (Wildman–Crippen MR) is 48.3 cm³/mol. The topological polar surface area (TPSA) is 55.1 Å². The molecule has 0 saturated heterocycles. The molecule has 70 valence electrons. The molecule has 1 N–H and O–H groups in total. The maximum Gasteiger partial charge on any atom is 0.288 e. The molecule has 0 radical (unpaired) electrons. The third-order valence-electron chi connectivity index (χ3n) is 1.43. The van der Waals surface area contributed by atoms with Crippen LogP contribution in [0.3, 0.4) is 0 Å². The van der Waals surface area contributed by atoms with E-state index in [1.54, 1.807) is 0 Å². The van der Waals surface area contributed by atoms with Crippen molar-refractivity contribution in [2.45, 2.75) is 13.8 Å². The second-order valence-corrected chi connectivity index (χ2v) is 2.86. The zero-order chi connectivity index (χ0) is 9.68. The lowest BCUT2D eigenvalue weighted by Crippen LogP contribution is -2.22. The number of nitrogens with one attached hydrogen (secondary N) is 1. The Bertz CT molecular complexity index is 297. The van der Waals surface area contributed by atoms with Gasteiger partial charge in [-0.2, -0.15) is 0 Å². The Hall–Kier alpha value is -1.58. The van der Waals surface area contributed by atoms with E-state index in [2.05, 4.69) is 10.3 Å². The molecule has 4 nitrogen and oxygen atoms in total. The first-order valence-electron chi connectivity index (χ1n) is 4.00. The fraction of sp³-hybridized carbons (Fsp3) is 0.333. The van der Waals surface area contributed by atoms with Crippen molar-refractivity contribution in [3.63, 3.8) is 0 Å². The fourth-order valence-corrected chi connectivity index (χ4v) is 0.763. The number of aromatic nitrogens is 1. The van der Waals surface area contributed by atoms with E-state index in [-0.39, 0.29) is 11.7 Å². The molecule has 0 aliphatic rings. The molecule has 0 spiro atoms. The standard InChI is InChI=1S/C9H12N2O2/c1-7(2)3-4-11-9(12)8-5-10-6-13-8/h3,5-6H,4H2,1-2H3,(H,11,12). The summed E-state index contributed by atoms with van der Waals surface area (Å²) in [6, 6.07) is 0. The summed E-state index contributed by atoms with van der Waals surface area (Å²) in [5.74, 6) is -0.00263. The highest BCUT2D eigenvalue weighted by molar-refractivity contribution is 5.91. The Labute approximate surface area is 76.7 Å². The lowest BCUT2D eigenvalue weighted by atomic mass is 10.3. The number of carbonyl (C=O) groups is 1. The molecule has 4 heteroatoms. The summed E-state index contributed by atoms with van der Waals surface area (Å²) < 4.78 is 4.81. The third kappa shape index (κ3) is 3.11. The zero-order valence-electron chi connectivity index (χ0n) is 7.70. The summed E-state index contributed by atoms with van der Waals surface area (Å²) in [6.45, 7) is 4.46. The summed E-state index contributed by atoms with van der Waals surface area (Å²) in [5.41, 5.74) is 1.16. The van der Waals surface area contributed by atoms with Crippen molar-refractivity contribution < 1.29 is 9.21 Å². The van der Waals surface area contributed by atoms with Crippen LogP contribution >= 0.6 is 0 Å². The molecular weight excluding hydrogens is 168 g/mol. The van der Waals surface area contributed by atoms with Gasteiger partial charge in [0.05, 0.1) is 6.20 Å². The second-order valence-electron chi connectivity index (χ2n) is 2.86. The maximum absolute atomic E-state index is 11.2. The van der Waals surface area contributed by atoms with Crippen LogP contribution in [0.15, 0.2) is 28.7 Å². The van der Waals surface area contributed by atoms with Gasteiger partial charge in [0.15, 0.2) is 6.39 Å². The minimum atomic E-state index is -0.241. The van der Waals surface area contributed by atoms with E-state index in [1.807, 2.05) is 19.9 Å². The van der Waals surface area contributed by atoms with Crippen molar-refractivity contribution in [1.29, 1.82) is 0 Å². The Morgan fingerprint density at radius 1 is 1.69 bits per heavy atom. The number of oxazole rings is 1. The minimum absolute atomic E-state index is 0.238. The summed E-state index contributed by atoms with van der Waals surface area (Å²) in [4.78, 5) is 14.9. The molecule has 0 fully saturated rings. The molecule has 13 heavy (non-hydrogen) atoms. The number of hydrogen-bond donors (Lipinski definition) is 1. The number of rotatable bonds is 3. The van der Waals surface area contributed by atoms with E-state index in [0.29, 0.717) is 6.54 Å². The molecule has 1 aromatic heterocycles. The van der Waals surface area contributed by atoms with Crippen LogP contribution in [0.2, 0.25) is 0 Å². The van der Waals surface area contributed by atoms with Crippen molar-refractivity contribution in [1.82, 2.24) is 10.3 Å². The molecule has 0 aromatic carbocycles. The quantitative estimate of drug-likeness (QED) is 0.715. The average Bonchev–Trinajstić information content (AvgIpc) is 2.55. The maximum atomic E-state index is 11.2. The van der Waals surface area contributed by atoms with Crippen LogP contribution in [0.5, 0.6) is 0 Å². The Morgan fingerprint density at radius 3 is 3.00 bits per heavy atom. The van der Waals surface area contributed by atoms with Crippen LogP contribution in [-0.4, -0.2) is 17.4 Å². The van der Waals surface area contributed by atoms with Gasteiger partial charge in [0, 0.05) is 6.54 Å². The fourth-order valence-electron chi connectivity index (χ4n) is 0.763. The Balaban J connectivity index is 2.39.